The summed E-state index contributed by atoms with van der Waals surface area (Å²) in [5.41, 5.74) is 6.67. The normalized spacial score (nSPS) is 29.5. The second-order valence-electron chi connectivity index (χ2n) is 13.0. The molecule has 2 unspecified atom stereocenters. The summed E-state index contributed by atoms with van der Waals surface area (Å²) in [7, 11) is 2.11. The van der Waals surface area contributed by atoms with Crippen LogP contribution in [0.2, 0.25) is 0 Å². The van der Waals surface area contributed by atoms with Crippen molar-refractivity contribution in [1.82, 2.24) is 9.80 Å². The minimum absolute atomic E-state index is 0. The number of rotatable bonds is 5. The first-order chi connectivity index (χ1) is 21.7. The molecule has 4 bridgehead atoms. The van der Waals surface area contributed by atoms with E-state index in [1.54, 1.807) is 11.8 Å². The second-order valence-corrected chi connectivity index (χ2v) is 14.1. The third-order valence-electron chi connectivity index (χ3n) is 10.4. The van der Waals surface area contributed by atoms with Crippen LogP contribution in [0.5, 0.6) is 23.0 Å². The molecule has 2 saturated heterocycles. The number of aromatic hydroxyl groups is 1. The number of carbonyl (C=O) groups is 1. The van der Waals surface area contributed by atoms with Gasteiger partial charge in [0.2, 0.25) is 6.79 Å². The number of cyclic esters (lactones) is 1. The van der Waals surface area contributed by atoms with Crippen molar-refractivity contribution < 1.29 is 77.6 Å². The fraction of sp³-hybridized carbons (Fsp3) is 0.588. The molecule has 5 aliphatic rings. The Kier molecular flexibility index (Phi) is 9.87. The van der Waals surface area contributed by atoms with Crippen LogP contribution in [0.3, 0.4) is 0 Å². The van der Waals surface area contributed by atoms with Gasteiger partial charge in [0.25, 0.3) is 0 Å². The zero-order valence-electron chi connectivity index (χ0n) is 27.3. The molecule has 7 rings (SSSR count). The van der Waals surface area contributed by atoms with Gasteiger partial charge in [0, 0.05) is 84.2 Å². The van der Waals surface area contributed by atoms with Crippen LogP contribution in [0.4, 0.5) is 0 Å². The van der Waals surface area contributed by atoms with E-state index in [4.69, 9.17) is 23.7 Å². The molecule has 0 aliphatic carbocycles. The monoisotopic (exact) mass is 862 g/mol. The van der Waals surface area contributed by atoms with Gasteiger partial charge in [-0.15, -0.1) is 0 Å². The fourth-order valence-electron chi connectivity index (χ4n) is 8.13. The Morgan fingerprint density at radius 2 is 1.89 bits per heavy atom. The molecule has 10 nitrogen and oxygen atoms in total. The summed E-state index contributed by atoms with van der Waals surface area (Å²) < 4.78 is 30.2. The van der Waals surface area contributed by atoms with Gasteiger partial charge in [0.1, 0.15) is 24.1 Å². The van der Waals surface area contributed by atoms with E-state index in [0.717, 1.165) is 40.0 Å². The number of fused-ring (bicyclic) bond motifs is 9. The summed E-state index contributed by atoms with van der Waals surface area (Å²) in [5, 5.41) is 22.5. The molecule has 0 aromatic heterocycles. The Morgan fingerprint density at radius 1 is 1.13 bits per heavy atom. The van der Waals surface area contributed by atoms with Crippen LogP contribution in [0.25, 0.3) is 0 Å². The molecule has 5 aliphatic heterocycles. The van der Waals surface area contributed by atoms with Crippen molar-refractivity contribution in [2.45, 2.75) is 82.9 Å². The first kappa shape index (κ1) is 34.1. The Balaban J connectivity index is 0.00000372. The number of benzene rings is 2. The van der Waals surface area contributed by atoms with Crippen molar-refractivity contribution in [2.75, 3.05) is 39.6 Å². The molecule has 46 heavy (non-hydrogen) atoms. The Hall–Kier alpha value is -1.73. The van der Waals surface area contributed by atoms with Crippen LogP contribution >= 0.6 is 11.8 Å². The number of ether oxygens (including phenoxy) is 5. The van der Waals surface area contributed by atoms with E-state index in [-0.39, 0.29) is 105 Å². The van der Waals surface area contributed by atoms with Crippen molar-refractivity contribution >= 4 is 17.7 Å². The van der Waals surface area contributed by atoms with Crippen molar-refractivity contribution in [3.8, 4) is 29.1 Å². The van der Waals surface area contributed by atoms with Crippen LogP contribution < -0.4 is 14.2 Å². The Bertz CT molecular complexity index is 1600. The third-order valence-corrected chi connectivity index (χ3v) is 12.0. The molecule has 7 atom stereocenters. The molecular formula is C34H41AcN3O7S. The number of piperazine rings is 1. The SMILES string of the molecule is CCCOCOc1c(C)c(C)cc2c1[C@@H]1C3[C@@H]4SCC(C)C(=O)OC[C@H](c5c6c(c(C)c(O)c54)OCO6)N3[C@@H](C#N)[C@@H](C2)N1C.[Ac]. The van der Waals surface area contributed by atoms with Gasteiger partial charge in [-0.2, -0.15) is 17.0 Å². The molecule has 2 aromatic rings. The summed E-state index contributed by atoms with van der Waals surface area (Å²) in [6, 6.07) is 3.34. The van der Waals surface area contributed by atoms with Crippen LogP contribution in [-0.4, -0.2) is 78.6 Å². The maximum absolute atomic E-state index is 13.1. The van der Waals surface area contributed by atoms with E-state index in [1.807, 2.05) is 13.8 Å². The fourth-order valence-corrected chi connectivity index (χ4v) is 9.66. The van der Waals surface area contributed by atoms with Crippen molar-refractivity contribution in [1.29, 1.82) is 5.26 Å². The number of likely N-dealkylation sites (N-methyl/N-ethyl adjacent to an activating group) is 1. The van der Waals surface area contributed by atoms with Crippen LogP contribution in [0.15, 0.2) is 6.07 Å². The van der Waals surface area contributed by atoms with Crippen molar-refractivity contribution in [2.24, 2.45) is 5.92 Å². The van der Waals surface area contributed by atoms with Crippen molar-refractivity contribution in [3.05, 3.63) is 45.0 Å². The first-order valence-electron chi connectivity index (χ1n) is 15.8. The molecule has 5 heterocycles. The molecule has 1 N–H and O–H groups in total. The van der Waals surface area contributed by atoms with E-state index in [2.05, 4.69) is 49.8 Å². The largest absolute Gasteiger partial charge is 0.507 e. The summed E-state index contributed by atoms with van der Waals surface area (Å²) in [4.78, 5) is 17.7. The maximum atomic E-state index is 13.1. The minimum Gasteiger partial charge on any atom is -0.507 e. The predicted octanol–water partition coefficient (Wildman–Crippen LogP) is 5.01. The number of phenols is 1. The number of hydrogen-bond acceptors (Lipinski definition) is 11. The quantitative estimate of drug-likeness (QED) is 0.249. The van der Waals surface area contributed by atoms with Gasteiger partial charge in [-0.3, -0.25) is 14.6 Å². The Labute approximate surface area is 310 Å². The maximum Gasteiger partial charge on any atom is 0.309 e. The average Bonchev–Trinajstić information content (AvgIpc) is 3.51. The molecular weight excluding hydrogens is 821 g/mol. The van der Waals surface area contributed by atoms with E-state index >= 15 is 0 Å². The molecule has 0 spiro atoms. The Morgan fingerprint density at radius 3 is 2.63 bits per heavy atom. The van der Waals surface area contributed by atoms with Gasteiger partial charge >= 0.3 is 5.97 Å². The number of esters is 1. The number of phenolic OH excluding ortho intramolecular Hbond substituents is 1. The van der Waals surface area contributed by atoms with Gasteiger partial charge in [0.05, 0.1) is 35.9 Å². The number of nitriles is 1. The number of aryl methyl sites for hydroxylation is 1. The molecule has 2 fully saturated rings. The number of nitrogens with zero attached hydrogens (tertiary/aromatic N) is 3. The third kappa shape index (κ3) is 5.15. The predicted molar refractivity (Wildman–Crippen MR) is 168 cm³/mol. The molecule has 12 heteroatoms. The minimum atomic E-state index is -0.522. The zero-order valence-corrected chi connectivity index (χ0v) is 32.9. The summed E-state index contributed by atoms with van der Waals surface area (Å²) in [6.45, 7) is 10.9. The summed E-state index contributed by atoms with van der Waals surface area (Å²) in [5.74, 6) is 1.99. The topological polar surface area (TPSA) is 114 Å². The van der Waals surface area contributed by atoms with Crippen molar-refractivity contribution in [3.63, 3.8) is 0 Å². The second kappa shape index (κ2) is 13.3. The van der Waals surface area contributed by atoms with Gasteiger partial charge in [-0.1, -0.05) is 19.9 Å². The van der Waals surface area contributed by atoms with E-state index in [9.17, 15) is 15.2 Å². The molecule has 243 valence electrons. The molecule has 0 saturated carbocycles. The average molecular weight is 863 g/mol. The number of hydrogen-bond donors (Lipinski definition) is 1. The van der Waals surface area contributed by atoms with Crippen LogP contribution in [0.1, 0.15) is 76.5 Å². The summed E-state index contributed by atoms with van der Waals surface area (Å²) >= 11 is 1.64. The molecule has 2 aromatic carbocycles. The van der Waals surface area contributed by atoms with Gasteiger partial charge in [-0.05, 0) is 57.4 Å². The summed E-state index contributed by atoms with van der Waals surface area (Å²) in [6.07, 6.45) is 1.57. The molecule has 0 amide bonds. The number of carbonyl (C=O) groups excluding carboxylic acids is 1. The first-order valence-corrected chi connectivity index (χ1v) is 16.9. The van der Waals surface area contributed by atoms with Gasteiger partial charge < -0.3 is 28.8 Å². The smallest absolute Gasteiger partial charge is 0.309 e. The molecule has 1 radical (unpaired) electrons. The van der Waals surface area contributed by atoms with Gasteiger partial charge in [-0.25, -0.2) is 0 Å². The zero-order chi connectivity index (χ0) is 31.7. The van der Waals surface area contributed by atoms with Gasteiger partial charge in [0.15, 0.2) is 18.3 Å². The number of thioether (sulfide) groups is 1. The van der Waals surface area contributed by atoms with Crippen LogP contribution in [0, 0.1) is 82.1 Å². The van der Waals surface area contributed by atoms with E-state index in [1.165, 1.54) is 5.56 Å². The van der Waals surface area contributed by atoms with E-state index in [0.29, 0.717) is 35.8 Å². The standard InChI is InChI=1S/C34H41N3O7S.Ac/c1-7-8-40-14-42-30-18(4)16(2)9-20-10-21-22(11-35)37-23-12-41-34(39)17(3)13-45-33(28(37)27(24(20)30)36(21)6)26-25(23)32-31(43-15-44-32)19(5)29(26)38;/h9,17,21-23,27-28,33,38H,7-8,10,12-15H2,1-6H3;/t17?,21-,22+,23-,27-,28?,33-;/m1./s1. The van der Waals surface area contributed by atoms with Crippen LogP contribution in [-0.2, 0) is 20.7 Å². The van der Waals surface area contributed by atoms with E-state index < -0.39 is 12.1 Å².